The first kappa shape index (κ1) is 18.1. The van der Waals surface area contributed by atoms with Crippen LogP contribution < -0.4 is 5.32 Å². The number of rotatable bonds is 2. The maximum absolute atomic E-state index is 12.2. The predicted octanol–water partition coefficient (Wildman–Crippen LogP) is 1.89. The first-order chi connectivity index (χ1) is 11.4. The van der Waals surface area contributed by atoms with Crippen LogP contribution in [0.5, 0.6) is 0 Å². The Bertz CT molecular complexity index is 642. The summed E-state index contributed by atoms with van der Waals surface area (Å²) in [5, 5.41) is 3.10. The van der Waals surface area contributed by atoms with Crippen molar-refractivity contribution in [1.82, 2.24) is 9.80 Å². The van der Waals surface area contributed by atoms with Crippen LogP contribution in [0.15, 0.2) is 18.2 Å². The molecular formula is C16H20ClN3O4. The van der Waals surface area contributed by atoms with Gasteiger partial charge in [-0.05, 0) is 31.5 Å². The summed E-state index contributed by atoms with van der Waals surface area (Å²) < 4.78 is 4.92. The minimum atomic E-state index is -0.718. The molecule has 0 bridgehead atoms. The van der Waals surface area contributed by atoms with E-state index in [1.165, 1.54) is 9.80 Å². The molecule has 1 aromatic carbocycles. The van der Waals surface area contributed by atoms with E-state index in [1.54, 1.807) is 32.0 Å². The van der Waals surface area contributed by atoms with Crippen molar-refractivity contribution in [3.05, 3.63) is 28.8 Å². The van der Waals surface area contributed by atoms with Crippen molar-refractivity contribution < 1.29 is 19.1 Å². The normalized spacial score (nSPS) is 14.3. The summed E-state index contributed by atoms with van der Waals surface area (Å²) in [5.41, 5.74) is 1.21. The minimum absolute atomic E-state index is 0.291. The summed E-state index contributed by atoms with van der Waals surface area (Å²) in [4.78, 5) is 39.0. The zero-order chi connectivity index (χ0) is 17.7. The highest BCUT2D eigenvalue weighted by molar-refractivity contribution is 6.40. The molecular weight excluding hydrogens is 334 g/mol. The van der Waals surface area contributed by atoms with Crippen LogP contribution in [0.3, 0.4) is 0 Å². The fraction of sp³-hybridized carbons (Fsp3) is 0.438. The number of carbonyl (C=O) groups is 3. The van der Waals surface area contributed by atoms with Crippen molar-refractivity contribution in [2.75, 3.05) is 38.1 Å². The van der Waals surface area contributed by atoms with Crippen LogP contribution in [0.2, 0.25) is 5.02 Å². The second-order valence-corrected chi connectivity index (χ2v) is 5.75. The Kier molecular flexibility index (Phi) is 6.03. The van der Waals surface area contributed by atoms with E-state index in [1.807, 2.05) is 0 Å². The largest absolute Gasteiger partial charge is 0.450 e. The molecule has 1 aromatic rings. The lowest BCUT2D eigenvalue weighted by molar-refractivity contribution is -0.144. The van der Waals surface area contributed by atoms with E-state index in [0.717, 1.165) is 0 Å². The molecule has 1 N–H and O–H groups in total. The topological polar surface area (TPSA) is 79.0 Å². The lowest BCUT2D eigenvalue weighted by Gasteiger charge is -2.33. The Morgan fingerprint density at radius 1 is 1.17 bits per heavy atom. The third kappa shape index (κ3) is 4.17. The number of halogens is 1. The van der Waals surface area contributed by atoms with E-state index in [4.69, 9.17) is 16.3 Å². The Labute approximate surface area is 145 Å². The molecule has 0 aliphatic carbocycles. The van der Waals surface area contributed by atoms with Gasteiger partial charge in [0.25, 0.3) is 0 Å². The fourth-order valence-electron chi connectivity index (χ4n) is 2.37. The van der Waals surface area contributed by atoms with Gasteiger partial charge in [0, 0.05) is 36.9 Å². The standard InChI is InChI=1S/C16H20ClN3O4/c1-3-24-16(23)20-9-7-19(8-10-20)15(22)14(21)18-13-6-4-5-12(17)11(13)2/h4-6H,3,7-10H2,1-2H3,(H,18,21). The Morgan fingerprint density at radius 2 is 1.79 bits per heavy atom. The van der Waals surface area contributed by atoms with Gasteiger partial charge in [0.15, 0.2) is 0 Å². The summed E-state index contributed by atoms with van der Waals surface area (Å²) in [7, 11) is 0. The Hall–Kier alpha value is -2.28. The smallest absolute Gasteiger partial charge is 0.409 e. The second-order valence-electron chi connectivity index (χ2n) is 5.34. The first-order valence-corrected chi connectivity index (χ1v) is 8.09. The molecule has 1 saturated heterocycles. The zero-order valence-corrected chi connectivity index (χ0v) is 14.4. The highest BCUT2D eigenvalue weighted by atomic mass is 35.5. The molecule has 0 atom stereocenters. The van der Waals surface area contributed by atoms with Crippen molar-refractivity contribution in [2.45, 2.75) is 13.8 Å². The third-order valence-corrected chi connectivity index (χ3v) is 4.21. The van der Waals surface area contributed by atoms with Crippen LogP contribution in [0.25, 0.3) is 0 Å². The number of amides is 3. The molecule has 0 saturated carbocycles. The van der Waals surface area contributed by atoms with Gasteiger partial charge in [-0.2, -0.15) is 0 Å². The molecule has 24 heavy (non-hydrogen) atoms. The molecule has 8 heteroatoms. The van der Waals surface area contributed by atoms with Gasteiger partial charge in [0.05, 0.1) is 6.61 Å². The molecule has 0 unspecified atom stereocenters. The number of hydrogen-bond acceptors (Lipinski definition) is 4. The van der Waals surface area contributed by atoms with E-state index in [0.29, 0.717) is 49.1 Å². The lowest BCUT2D eigenvalue weighted by Crippen LogP contribution is -2.53. The number of anilines is 1. The summed E-state index contributed by atoms with van der Waals surface area (Å²) in [5.74, 6) is -1.34. The second kappa shape index (κ2) is 8.01. The van der Waals surface area contributed by atoms with Crippen molar-refractivity contribution in [3.63, 3.8) is 0 Å². The van der Waals surface area contributed by atoms with Crippen LogP contribution in [0, 0.1) is 6.92 Å². The van der Waals surface area contributed by atoms with Gasteiger partial charge in [-0.3, -0.25) is 9.59 Å². The van der Waals surface area contributed by atoms with Gasteiger partial charge in [-0.25, -0.2) is 4.79 Å². The molecule has 0 radical (unpaired) electrons. The average Bonchev–Trinajstić information content (AvgIpc) is 2.58. The zero-order valence-electron chi connectivity index (χ0n) is 13.7. The molecule has 1 fully saturated rings. The SMILES string of the molecule is CCOC(=O)N1CCN(C(=O)C(=O)Nc2cccc(Cl)c2C)CC1. The molecule has 1 heterocycles. The molecule has 0 spiro atoms. The maximum Gasteiger partial charge on any atom is 0.409 e. The van der Waals surface area contributed by atoms with Crippen LogP contribution in [-0.2, 0) is 14.3 Å². The highest BCUT2D eigenvalue weighted by Gasteiger charge is 2.28. The number of piperazine rings is 1. The first-order valence-electron chi connectivity index (χ1n) is 7.71. The Morgan fingerprint density at radius 3 is 2.42 bits per heavy atom. The number of hydrogen-bond donors (Lipinski definition) is 1. The van der Waals surface area contributed by atoms with Crippen LogP contribution >= 0.6 is 11.6 Å². The maximum atomic E-state index is 12.2. The van der Waals surface area contributed by atoms with Crippen molar-refractivity contribution >= 4 is 35.2 Å². The molecule has 7 nitrogen and oxygen atoms in total. The fourth-order valence-corrected chi connectivity index (χ4v) is 2.54. The molecule has 1 aliphatic heterocycles. The van der Waals surface area contributed by atoms with E-state index in [-0.39, 0.29) is 0 Å². The quantitative estimate of drug-likeness (QED) is 0.823. The van der Waals surface area contributed by atoms with E-state index >= 15 is 0 Å². The molecule has 3 amide bonds. The monoisotopic (exact) mass is 353 g/mol. The molecule has 0 aromatic heterocycles. The molecule has 2 rings (SSSR count). The van der Waals surface area contributed by atoms with Gasteiger partial charge in [0.1, 0.15) is 0 Å². The van der Waals surface area contributed by atoms with Gasteiger partial charge in [0.2, 0.25) is 0 Å². The summed E-state index contributed by atoms with van der Waals surface area (Å²) in [6, 6.07) is 5.10. The molecule has 1 aliphatic rings. The van der Waals surface area contributed by atoms with Gasteiger partial charge in [-0.1, -0.05) is 17.7 Å². The van der Waals surface area contributed by atoms with E-state index in [2.05, 4.69) is 5.32 Å². The average molecular weight is 354 g/mol. The number of nitrogens with zero attached hydrogens (tertiary/aromatic N) is 2. The van der Waals surface area contributed by atoms with Crippen LogP contribution in [-0.4, -0.2) is 60.5 Å². The van der Waals surface area contributed by atoms with E-state index in [9.17, 15) is 14.4 Å². The number of carbonyl (C=O) groups excluding carboxylic acids is 3. The Balaban J connectivity index is 1.92. The van der Waals surface area contributed by atoms with Crippen molar-refractivity contribution in [1.29, 1.82) is 0 Å². The predicted molar refractivity (Wildman–Crippen MR) is 90.0 cm³/mol. The minimum Gasteiger partial charge on any atom is -0.450 e. The summed E-state index contributed by atoms with van der Waals surface area (Å²) in [6.45, 7) is 5.07. The molecule has 130 valence electrons. The van der Waals surface area contributed by atoms with Crippen LogP contribution in [0.4, 0.5) is 10.5 Å². The van der Waals surface area contributed by atoms with Gasteiger partial charge in [-0.15, -0.1) is 0 Å². The third-order valence-electron chi connectivity index (χ3n) is 3.80. The summed E-state index contributed by atoms with van der Waals surface area (Å²) in [6.07, 6.45) is -0.399. The van der Waals surface area contributed by atoms with Crippen molar-refractivity contribution in [2.24, 2.45) is 0 Å². The van der Waals surface area contributed by atoms with Crippen molar-refractivity contribution in [3.8, 4) is 0 Å². The number of benzene rings is 1. The van der Waals surface area contributed by atoms with Crippen LogP contribution in [0.1, 0.15) is 12.5 Å². The number of ether oxygens (including phenoxy) is 1. The van der Waals surface area contributed by atoms with Gasteiger partial charge < -0.3 is 19.9 Å². The van der Waals surface area contributed by atoms with E-state index < -0.39 is 17.9 Å². The highest BCUT2D eigenvalue weighted by Crippen LogP contribution is 2.22. The number of nitrogens with one attached hydrogen (secondary N) is 1. The summed E-state index contributed by atoms with van der Waals surface area (Å²) >= 11 is 6.00. The van der Waals surface area contributed by atoms with Gasteiger partial charge >= 0.3 is 17.9 Å². The lowest BCUT2D eigenvalue weighted by atomic mass is 10.2.